The maximum atomic E-state index is 7.35. The zero-order valence-electron chi connectivity index (χ0n) is 12.4. The van der Waals surface area contributed by atoms with Crippen molar-refractivity contribution in [2.75, 3.05) is 6.54 Å². The van der Waals surface area contributed by atoms with Crippen LogP contribution in [0.3, 0.4) is 0 Å². The summed E-state index contributed by atoms with van der Waals surface area (Å²) >= 11 is 0. The first-order valence-electron chi connectivity index (χ1n) is 7.21. The Morgan fingerprint density at radius 2 is 1.55 bits per heavy atom. The number of benzene rings is 2. The van der Waals surface area contributed by atoms with Crippen LogP contribution in [0.2, 0.25) is 0 Å². The van der Waals surface area contributed by atoms with Crippen LogP contribution in [-0.4, -0.2) is 18.5 Å². The monoisotopic (exact) mass is 295 g/mol. The second-order valence-corrected chi connectivity index (χ2v) is 4.85. The molecular weight excluding hydrogens is 274 g/mol. The van der Waals surface area contributed by atoms with Gasteiger partial charge in [0.15, 0.2) is 11.9 Å². The molecule has 0 fully saturated rings. The third kappa shape index (κ3) is 5.66. The molecule has 5 N–H and O–H groups in total. The van der Waals surface area contributed by atoms with Crippen molar-refractivity contribution in [1.82, 2.24) is 10.6 Å². The van der Waals surface area contributed by atoms with Gasteiger partial charge in [-0.3, -0.25) is 10.7 Å². The van der Waals surface area contributed by atoms with Crippen molar-refractivity contribution in [3.8, 4) is 0 Å². The SMILES string of the molecule is N=C(N)N/C(=N/Cc1ccccc1)NCCc1ccccc1. The molecule has 0 saturated carbocycles. The van der Waals surface area contributed by atoms with Gasteiger partial charge in [0.25, 0.3) is 0 Å². The van der Waals surface area contributed by atoms with Crippen molar-refractivity contribution in [3.63, 3.8) is 0 Å². The number of aliphatic imine (C=N–C) groups is 1. The van der Waals surface area contributed by atoms with Gasteiger partial charge in [0.05, 0.1) is 6.54 Å². The lowest BCUT2D eigenvalue weighted by molar-refractivity contribution is 0.835. The number of hydrogen-bond donors (Lipinski definition) is 4. The van der Waals surface area contributed by atoms with Gasteiger partial charge < -0.3 is 11.1 Å². The Labute approximate surface area is 130 Å². The highest BCUT2D eigenvalue weighted by Gasteiger charge is 2.00. The number of rotatable bonds is 5. The van der Waals surface area contributed by atoms with E-state index in [-0.39, 0.29) is 5.96 Å². The number of nitrogens with two attached hydrogens (primary N) is 1. The first kappa shape index (κ1) is 15.6. The summed E-state index contributed by atoms with van der Waals surface area (Å²) in [5, 5.41) is 13.3. The zero-order valence-corrected chi connectivity index (χ0v) is 12.4. The average Bonchev–Trinajstić information content (AvgIpc) is 2.54. The molecule has 0 heterocycles. The van der Waals surface area contributed by atoms with Gasteiger partial charge in [-0.15, -0.1) is 0 Å². The van der Waals surface area contributed by atoms with Crippen LogP contribution in [0.15, 0.2) is 65.7 Å². The highest BCUT2D eigenvalue weighted by molar-refractivity contribution is 5.96. The quantitative estimate of drug-likeness (QED) is 0.501. The van der Waals surface area contributed by atoms with Gasteiger partial charge in [-0.1, -0.05) is 60.7 Å². The summed E-state index contributed by atoms with van der Waals surface area (Å²) in [4.78, 5) is 4.44. The Morgan fingerprint density at radius 1 is 0.955 bits per heavy atom. The molecule has 0 unspecified atom stereocenters. The molecule has 0 bridgehead atoms. The maximum Gasteiger partial charge on any atom is 0.198 e. The summed E-state index contributed by atoms with van der Waals surface area (Å²) in [6.45, 7) is 1.26. The summed E-state index contributed by atoms with van der Waals surface area (Å²) in [6, 6.07) is 20.2. The minimum Gasteiger partial charge on any atom is -0.370 e. The van der Waals surface area contributed by atoms with E-state index < -0.39 is 0 Å². The zero-order chi connectivity index (χ0) is 15.6. The normalized spacial score (nSPS) is 11.0. The van der Waals surface area contributed by atoms with Crippen molar-refractivity contribution in [2.45, 2.75) is 13.0 Å². The van der Waals surface area contributed by atoms with Gasteiger partial charge in [-0.05, 0) is 17.5 Å². The third-order valence-corrected chi connectivity index (χ3v) is 3.06. The molecule has 0 spiro atoms. The minimum absolute atomic E-state index is 0.126. The first-order chi connectivity index (χ1) is 10.7. The topological polar surface area (TPSA) is 86.3 Å². The Hall–Kier alpha value is -2.82. The van der Waals surface area contributed by atoms with Crippen LogP contribution in [0.1, 0.15) is 11.1 Å². The lowest BCUT2D eigenvalue weighted by atomic mass is 10.1. The highest BCUT2D eigenvalue weighted by Crippen LogP contribution is 2.00. The molecule has 0 aromatic heterocycles. The number of guanidine groups is 2. The average molecular weight is 295 g/mol. The van der Waals surface area contributed by atoms with E-state index in [1.165, 1.54) is 5.56 Å². The fraction of sp³-hybridized carbons (Fsp3) is 0.176. The molecule has 114 valence electrons. The number of nitrogens with zero attached hydrogens (tertiary/aromatic N) is 1. The van der Waals surface area contributed by atoms with Crippen LogP contribution in [0.5, 0.6) is 0 Å². The van der Waals surface area contributed by atoms with Crippen molar-refractivity contribution in [3.05, 3.63) is 71.8 Å². The van der Waals surface area contributed by atoms with Crippen LogP contribution in [-0.2, 0) is 13.0 Å². The molecule has 2 aromatic carbocycles. The predicted octanol–water partition coefficient (Wildman–Crippen LogP) is 1.86. The molecule has 0 atom stereocenters. The van der Waals surface area contributed by atoms with E-state index in [1.54, 1.807) is 0 Å². The maximum absolute atomic E-state index is 7.35. The molecule has 5 heteroatoms. The van der Waals surface area contributed by atoms with E-state index >= 15 is 0 Å². The van der Waals surface area contributed by atoms with Gasteiger partial charge in [-0.25, -0.2) is 4.99 Å². The highest BCUT2D eigenvalue weighted by atomic mass is 15.2. The summed E-state index contributed by atoms with van der Waals surface area (Å²) in [7, 11) is 0. The van der Waals surface area contributed by atoms with E-state index in [1.807, 2.05) is 48.5 Å². The Morgan fingerprint density at radius 3 is 2.14 bits per heavy atom. The molecule has 0 aliphatic heterocycles. The second-order valence-electron chi connectivity index (χ2n) is 4.85. The second kappa shape index (κ2) is 8.46. The van der Waals surface area contributed by atoms with Crippen molar-refractivity contribution >= 4 is 11.9 Å². The van der Waals surface area contributed by atoms with Gasteiger partial charge in [-0.2, -0.15) is 0 Å². The van der Waals surface area contributed by atoms with Crippen LogP contribution >= 0.6 is 0 Å². The van der Waals surface area contributed by atoms with Crippen LogP contribution in [0, 0.1) is 5.41 Å². The van der Waals surface area contributed by atoms with E-state index in [0.717, 1.165) is 18.5 Å². The molecule has 22 heavy (non-hydrogen) atoms. The smallest absolute Gasteiger partial charge is 0.198 e. The molecule has 5 nitrogen and oxygen atoms in total. The number of hydrogen-bond acceptors (Lipinski definition) is 2. The van der Waals surface area contributed by atoms with Crippen molar-refractivity contribution in [1.29, 1.82) is 5.41 Å². The molecule has 0 aliphatic rings. The fourth-order valence-corrected chi connectivity index (χ4v) is 1.99. The molecule has 0 amide bonds. The van der Waals surface area contributed by atoms with Gasteiger partial charge in [0, 0.05) is 6.54 Å². The standard InChI is InChI=1S/C17H21N5/c18-16(19)22-17(21-13-15-9-5-2-6-10-15)20-12-11-14-7-3-1-4-8-14/h1-10H,11-13H2,(H5,18,19,20,21,22). The van der Waals surface area contributed by atoms with E-state index in [0.29, 0.717) is 12.5 Å². The molecule has 0 aliphatic carbocycles. The van der Waals surface area contributed by atoms with Crippen LogP contribution in [0.4, 0.5) is 0 Å². The first-order valence-corrected chi connectivity index (χ1v) is 7.21. The lowest BCUT2D eigenvalue weighted by Gasteiger charge is -2.11. The predicted molar refractivity (Wildman–Crippen MR) is 90.8 cm³/mol. The molecule has 2 rings (SSSR count). The van der Waals surface area contributed by atoms with Gasteiger partial charge >= 0.3 is 0 Å². The largest absolute Gasteiger partial charge is 0.370 e. The molecule has 0 radical (unpaired) electrons. The lowest BCUT2D eigenvalue weighted by Crippen LogP contribution is -2.44. The Kier molecular flexibility index (Phi) is 5.99. The van der Waals surface area contributed by atoms with Crippen LogP contribution < -0.4 is 16.4 Å². The summed E-state index contributed by atoms with van der Waals surface area (Å²) in [5.74, 6) is 0.395. The molecule has 2 aromatic rings. The molecule has 0 saturated heterocycles. The third-order valence-electron chi connectivity index (χ3n) is 3.06. The number of nitrogens with one attached hydrogen (secondary N) is 3. The van der Waals surface area contributed by atoms with Crippen molar-refractivity contribution in [2.24, 2.45) is 10.7 Å². The minimum atomic E-state index is -0.126. The van der Waals surface area contributed by atoms with Crippen LogP contribution in [0.25, 0.3) is 0 Å². The summed E-state index contributed by atoms with van der Waals surface area (Å²) < 4.78 is 0. The Balaban J connectivity index is 1.89. The van der Waals surface area contributed by atoms with E-state index in [4.69, 9.17) is 11.1 Å². The Bertz CT molecular complexity index is 607. The van der Waals surface area contributed by atoms with E-state index in [9.17, 15) is 0 Å². The van der Waals surface area contributed by atoms with Gasteiger partial charge in [0.2, 0.25) is 0 Å². The molecular formula is C17H21N5. The summed E-state index contributed by atoms with van der Waals surface area (Å²) in [6.07, 6.45) is 0.880. The van der Waals surface area contributed by atoms with Crippen molar-refractivity contribution < 1.29 is 0 Å². The summed E-state index contributed by atoms with van der Waals surface area (Å²) in [5.41, 5.74) is 7.75. The fourth-order valence-electron chi connectivity index (χ4n) is 1.99. The van der Waals surface area contributed by atoms with Gasteiger partial charge in [0.1, 0.15) is 0 Å². The van der Waals surface area contributed by atoms with E-state index in [2.05, 4.69) is 27.8 Å².